The molecule has 0 radical (unpaired) electrons. The van der Waals surface area contributed by atoms with Gasteiger partial charge in [0.15, 0.2) is 5.78 Å². The lowest BCUT2D eigenvalue weighted by molar-refractivity contribution is 0.105. The molecule has 0 bridgehead atoms. The molecule has 1 fully saturated rings. The molecule has 0 atom stereocenters. The van der Waals surface area contributed by atoms with Crippen LogP contribution in [-0.2, 0) is 19.3 Å². The van der Waals surface area contributed by atoms with Crippen molar-refractivity contribution in [2.45, 2.75) is 86.0 Å². The monoisotopic (exact) mass is 514 g/mol. The Balaban J connectivity index is 0.000000538. The van der Waals surface area contributed by atoms with Crippen LogP contribution in [-0.4, -0.2) is 12.9 Å². The Kier molecular flexibility index (Phi) is 12.5. The predicted octanol–water partition coefficient (Wildman–Crippen LogP) is 10.2. The molecule has 0 saturated heterocycles. The number of carbonyl (C=O) groups excluding carboxylic acids is 1. The molecule has 0 aromatic heterocycles. The normalized spacial score (nSPS) is 14.2. The Labute approximate surface area is 233 Å². The lowest BCUT2D eigenvalue weighted by atomic mass is 9.76. The molecule has 1 aliphatic carbocycles. The third kappa shape index (κ3) is 8.45. The van der Waals surface area contributed by atoms with E-state index in [9.17, 15) is 4.79 Å². The molecular formula is C36H50O2. The van der Waals surface area contributed by atoms with E-state index < -0.39 is 0 Å². The van der Waals surface area contributed by atoms with Crippen molar-refractivity contribution in [1.29, 1.82) is 0 Å². The molecule has 1 aliphatic rings. The molecule has 0 spiro atoms. The second-order valence-corrected chi connectivity index (χ2v) is 10.6. The van der Waals surface area contributed by atoms with Gasteiger partial charge in [0, 0.05) is 12.6 Å². The van der Waals surface area contributed by atoms with Crippen LogP contribution in [0.3, 0.4) is 0 Å². The highest BCUT2D eigenvalue weighted by molar-refractivity contribution is 6.28. The van der Waals surface area contributed by atoms with Gasteiger partial charge in [-0.2, -0.15) is 0 Å². The van der Waals surface area contributed by atoms with Gasteiger partial charge >= 0.3 is 0 Å². The Bertz CT molecular complexity index is 1130. The van der Waals surface area contributed by atoms with Gasteiger partial charge in [-0.05, 0) is 71.9 Å². The number of hydrogen-bond acceptors (Lipinski definition) is 2. The molecule has 2 nitrogen and oxygen atoms in total. The summed E-state index contributed by atoms with van der Waals surface area (Å²) in [6.07, 6.45) is 11.0. The largest absolute Gasteiger partial charge is 0.497 e. The van der Waals surface area contributed by atoms with Crippen LogP contribution in [0.2, 0.25) is 0 Å². The summed E-state index contributed by atoms with van der Waals surface area (Å²) < 4.78 is 5.20. The van der Waals surface area contributed by atoms with Gasteiger partial charge in [0.25, 0.3) is 0 Å². The Morgan fingerprint density at radius 2 is 1.32 bits per heavy atom. The minimum absolute atomic E-state index is 0. The molecule has 0 aliphatic heterocycles. The van der Waals surface area contributed by atoms with Crippen LogP contribution in [0.15, 0.2) is 79.4 Å². The summed E-state index contributed by atoms with van der Waals surface area (Å²) in [7, 11) is 1.64. The molecule has 3 aromatic carbocycles. The van der Waals surface area contributed by atoms with Gasteiger partial charge < -0.3 is 4.74 Å². The van der Waals surface area contributed by atoms with E-state index in [1.807, 2.05) is 42.5 Å². The molecule has 0 N–H and O–H groups in total. The zero-order chi connectivity index (χ0) is 26.7. The highest BCUT2D eigenvalue weighted by atomic mass is 16.5. The third-order valence-electron chi connectivity index (χ3n) is 7.78. The number of allylic oxidation sites excluding steroid dienone is 1. The Morgan fingerprint density at radius 1 is 0.816 bits per heavy atom. The van der Waals surface area contributed by atoms with Crippen LogP contribution in [0.1, 0.15) is 101 Å². The molecule has 206 valence electrons. The van der Waals surface area contributed by atoms with Gasteiger partial charge in [0.2, 0.25) is 0 Å². The van der Waals surface area contributed by atoms with E-state index >= 15 is 0 Å². The van der Waals surface area contributed by atoms with Crippen molar-refractivity contribution in [1.82, 2.24) is 0 Å². The summed E-state index contributed by atoms with van der Waals surface area (Å²) in [5.41, 5.74) is 6.60. The number of Topliss-reactive ketones (excluding diaryl/α,β-unsaturated/α-hetero) is 1. The van der Waals surface area contributed by atoms with E-state index in [1.54, 1.807) is 7.11 Å². The Hall–Kier alpha value is -3.13. The first-order valence-electron chi connectivity index (χ1n) is 13.9. The van der Waals surface area contributed by atoms with Crippen molar-refractivity contribution in [3.63, 3.8) is 0 Å². The maximum absolute atomic E-state index is 13.2. The van der Waals surface area contributed by atoms with Gasteiger partial charge in [-0.3, -0.25) is 4.79 Å². The van der Waals surface area contributed by atoms with Crippen LogP contribution >= 0.6 is 0 Å². The van der Waals surface area contributed by atoms with Crippen LogP contribution in [0.5, 0.6) is 5.75 Å². The summed E-state index contributed by atoms with van der Waals surface area (Å²) in [6, 6.07) is 24.2. The van der Waals surface area contributed by atoms with Crippen molar-refractivity contribution in [2.24, 2.45) is 5.41 Å². The van der Waals surface area contributed by atoms with Crippen LogP contribution in [0, 0.1) is 5.41 Å². The lowest BCUT2D eigenvalue weighted by Crippen LogP contribution is -2.20. The fourth-order valence-corrected chi connectivity index (χ4v) is 5.45. The highest BCUT2D eigenvalue weighted by Crippen LogP contribution is 2.38. The van der Waals surface area contributed by atoms with E-state index in [1.165, 1.54) is 49.7 Å². The number of methoxy groups -OCH3 is 1. The van der Waals surface area contributed by atoms with Crippen LogP contribution < -0.4 is 4.74 Å². The molecule has 2 heteroatoms. The second kappa shape index (κ2) is 15.3. The van der Waals surface area contributed by atoms with E-state index in [0.717, 1.165) is 41.7 Å². The maximum atomic E-state index is 13.2. The maximum Gasteiger partial charge on any atom is 0.193 e. The van der Waals surface area contributed by atoms with Gasteiger partial charge in [-0.1, -0.05) is 121 Å². The molecule has 3 aromatic rings. The lowest BCUT2D eigenvalue weighted by Gasteiger charge is -2.29. The van der Waals surface area contributed by atoms with E-state index in [2.05, 4.69) is 57.7 Å². The van der Waals surface area contributed by atoms with Crippen molar-refractivity contribution >= 4 is 11.4 Å². The number of benzene rings is 3. The molecule has 38 heavy (non-hydrogen) atoms. The summed E-state index contributed by atoms with van der Waals surface area (Å²) in [5.74, 6) is 0.800. The van der Waals surface area contributed by atoms with Crippen molar-refractivity contribution in [3.05, 3.63) is 107 Å². The average Bonchev–Trinajstić information content (AvgIpc) is 3.17. The quantitative estimate of drug-likeness (QED) is 0.170. The topological polar surface area (TPSA) is 26.3 Å². The van der Waals surface area contributed by atoms with Crippen LogP contribution in [0.25, 0.3) is 5.57 Å². The zero-order valence-electron chi connectivity index (χ0n) is 23.3. The average molecular weight is 515 g/mol. The van der Waals surface area contributed by atoms with E-state index in [4.69, 9.17) is 4.74 Å². The molecule has 0 unspecified atom stereocenters. The first-order chi connectivity index (χ1) is 17.9. The Morgan fingerprint density at radius 3 is 1.82 bits per heavy atom. The zero-order valence-corrected chi connectivity index (χ0v) is 23.3. The van der Waals surface area contributed by atoms with Gasteiger partial charge in [-0.15, -0.1) is 0 Å². The van der Waals surface area contributed by atoms with Gasteiger partial charge in [0.1, 0.15) is 5.75 Å². The fourth-order valence-electron chi connectivity index (χ4n) is 5.45. The predicted molar refractivity (Wildman–Crippen MR) is 166 cm³/mol. The summed E-state index contributed by atoms with van der Waals surface area (Å²) in [4.78, 5) is 13.2. The molecular weight excluding hydrogens is 464 g/mol. The number of rotatable bonds is 8. The molecule has 1 saturated carbocycles. The van der Waals surface area contributed by atoms with Crippen molar-refractivity contribution < 1.29 is 11.0 Å². The second-order valence-electron chi connectivity index (χ2n) is 10.6. The molecule has 4 rings (SSSR count). The number of hydrogen-bond donors (Lipinski definition) is 0. The van der Waals surface area contributed by atoms with Gasteiger partial charge in [-0.25, -0.2) is 0 Å². The van der Waals surface area contributed by atoms with E-state index in [0.29, 0.717) is 5.57 Å². The molecule has 0 amide bonds. The standard InChI is InChI=1S/C25H30O2.C10H14.CH4.H2/c1-19(20-12-14-22(27-3)15-13-20)24(26)23-11-7-6-10-21(23)18-25(2)16-8-4-5-9-17-25;1-3-9-7-5-6-8-10(9)4-2;;/h6-7,10-15H,1,4-5,8-9,16-18H2,2-3H3;5-8H,3-4H2,1-2H3;1H4;1H. The van der Waals surface area contributed by atoms with Crippen molar-refractivity contribution in [2.75, 3.05) is 7.11 Å². The third-order valence-corrected chi connectivity index (χ3v) is 7.78. The van der Waals surface area contributed by atoms with Gasteiger partial charge in [0.05, 0.1) is 7.11 Å². The minimum atomic E-state index is 0. The smallest absolute Gasteiger partial charge is 0.193 e. The number of ketones is 1. The number of carbonyl (C=O) groups is 1. The summed E-state index contributed by atoms with van der Waals surface area (Å²) in [6.45, 7) is 10.9. The highest BCUT2D eigenvalue weighted by Gasteiger charge is 2.28. The van der Waals surface area contributed by atoms with Crippen LogP contribution in [0.4, 0.5) is 0 Å². The summed E-state index contributed by atoms with van der Waals surface area (Å²) in [5, 5.41) is 0. The summed E-state index contributed by atoms with van der Waals surface area (Å²) >= 11 is 0. The molecule has 0 heterocycles. The number of ether oxygens (including phenoxy) is 1. The van der Waals surface area contributed by atoms with Crippen molar-refractivity contribution in [3.8, 4) is 5.75 Å². The SMILES string of the molecule is C.C=C(C(=O)c1ccccc1CC1(C)CCCCCC1)c1ccc(OC)cc1.CCc1ccccc1CC.[HH]. The van der Waals surface area contributed by atoms with E-state index in [-0.39, 0.29) is 20.1 Å². The first-order valence-corrected chi connectivity index (χ1v) is 13.9. The minimum Gasteiger partial charge on any atom is -0.497 e. The number of aryl methyl sites for hydroxylation is 2. The first kappa shape index (κ1) is 31.1. The fraction of sp³-hybridized carbons (Fsp3) is 0.417.